The Bertz CT molecular complexity index is 578. The minimum absolute atomic E-state index is 0.00938. The molecule has 24 heavy (non-hydrogen) atoms. The molecule has 2 fully saturated rings. The third-order valence-electron chi connectivity index (χ3n) is 4.32. The summed E-state index contributed by atoms with van der Waals surface area (Å²) >= 11 is 0. The van der Waals surface area contributed by atoms with Crippen LogP contribution in [0.5, 0.6) is 0 Å². The molecule has 2 rings (SSSR count). The van der Waals surface area contributed by atoms with Gasteiger partial charge in [0.2, 0.25) is 6.29 Å². The number of hydrogen-bond donors (Lipinski definition) is 0. The molecular formula is C20H28O4. The van der Waals surface area contributed by atoms with Crippen LogP contribution in [0, 0.1) is 5.92 Å². The van der Waals surface area contributed by atoms with Crippen molar-refractivity contribution in [3.05, 3.63) is 34.9 Å². The molecule has 0 aliphatic carbocycles. The van der Waals surface area contributed by atoms with E-state index in [-0.39, 0.29) is 30.1 Å². The average molecular weight is 332 g/mol. The second-order valence-electron chi connectivity index (χ2n) is 7.09. The fourth-order valence-corrected chi connectivity index (χ4v) is 2.98. The van der Waals surface area contributed by atoms with Gasteiger partial charge in [0.05, 0.1) is 5.92 Å². The van der Waals surface area contributed by atoms with Gasteiger partial charge in [0.1, 0.15) is 6.10 Å². The van der Waals surface area contributed by atoms with Crippen LogP contribution in [0.4, 0.5) is 0 Å². The average Bonchev–Trinajstić information content (AvgIpc) is 3.14. The lowest BCUT2D eigenvalue weighted by atomic mass is 9.99. The Morgan fingerprint density at radius 1 is 1.08 bits per heavy atom. The Morgan fingerprint density at radius 2 is 1.79 bits per heavy atom. The SMILES string of the molecule is CC(C)=CC(=O)C/C(C)=C/CC/C(C)=C/CC[C@H]1C(=O)O[C@@H]2O[C@@H]21. The number of epoxide rings is 1. The zero-order valence-corrected chi connectivity index (χ0v) is 15.1. The zero-order valence-electron chi connectivity index (χ0n) is 15.1. The molecule has 0 aromatic rings. The fourth-order valence-electron chi connectivity index (χ4n) is 2.98. The standard InChI is InChI=1S/C20H28O4/c1-13(2)11-16(21)12-15(4)9-5-7-14(3)8-6-10-17-18-20(23-18)24-19(17)22/h8-9,11,17-18,20H,5-7,10,12H2,1-4H3/b14-8+,15-9+/t17-,18-,20+/m1/s1. The molecule has 4 heteroatoms. The molecule has 0 amide bonds. The zero-order chi connectivity index (χ0) is 17.7. The monoisotopic (exact) mass is 332 g/mol. The van der Waals surface area contributed by atoms with Crippen molar-refractivity contribution >= 4 is 11.8 Å². The summed E-state index contributed by atoms with van der Waals surface area (Å²) in [4.78, 5) is 23.2. The summed E-state index contributed by atoms with van der Waals surface area (Å²) in [6.45, 7) is 7.99. The highest BCUT2D eigenvalue weighted by Gasteiger charge is 2.57. The van der Waals surface area contributed by atoms with Gasteiger partial charge in [-0.3, -0.25) is 9.59 Å². The van der Waals surface area contributed by atoms with E-state index in [1.54, 1.807) is 6.08 Å². The van der Waals surface area contributed by atoms with Crippen molar-refractivity contribution in [1.29, 1.82) is 0 Å². The normalized spacial score (nSPS) is 26.0. The van der Waals surface area contributed by atoms with Crippen LogP contribution in [-0.4, -0.2) is 24.1 Å². The van der Waals surface area contributed by atoms with Crippen LogP contribution in [0.2, 0.25) is 0 Å². The van der Waals surface area contributed by atoms with Crippen molar-refractivity contribution in [2.45, 2.75) is 72.2 Å². The van der Waals surface area contributed by atoms with E-state index in [9.17, 15) is 9.59 Å². The molecule has 0 aromatic heterocycles. The highest BCUT2D eigenvalue weighted by Crippen LogP contribution is 2.40. The topological polar surface area (TPSA) is 55.9 Å². The quantitative estimate of drug-likeness (QED) is 0.274. The molecule has 0 N–H and O–H groups in total. The number of esters is 1. The van der Waals surface area contributed by atoms with Crippen molar-refractivity contribution in [2.75, 3.05) is 0 Å². The lowest BCUT2D eigenvalue weighted by molar-refractivity contribution is -0.151. The molecule has 0 radical (unpaired) electrons. The molecular weight excluding hydrogens is 304 g/mol. The first-order valence-corrected chi connectivity index (χ1v) is 8.71. The van der Waals surface area contributed by atoms with Gasteiger partial charge in [0.25, 0.3) is 0 Å². The summed E-state index contributed by atoms with van der Waals surface area (Å²) in [6.07, 6.45) is 9.88. The third-order valence-corrected chi connectivity index (χ3v) is 4.32. The Labute approximate surface area is 144 Å². The molecule has 2 aliphatic heterocycles. The van der Waals surface area contributed by atoms with Crippen LogP contribution in [0.1, 0.15) is 59.8 Å². The van der Waals surface area contributed by atoms with Gasteiger partial charge in [-0.25, -0.2) is 0 Å². The van der Waals surface area contributed by atoms with Crippen LogP contribution in [0.15, 0.2) is 34.9 Å². The highest BCUT2D eigenvalue weighted by molar-refractivity contribution is 5.91. The molecule has 132 valence electrons. The summed E-state index contributed by atoms with van der Waals surface area (Å²) in [5.41, 5.74) is 3.48. The van der Waals surface area contributed by atoms with Gasteiger partial charge >= 0.3 is 5.97 Å². The molecule has 0 unspecified atom stereocenters. The molecule has 0 bridgehead atoms. The number of carbonyl (C=O) groups is 2. The van der Waals surface area contributed by atoms with Crippen molar-refractivity contribution in [3.8, 4) is 0 Å². The maximum atomic E-state index is 11.7. The summed E-state index contributed by atoms with van der Waals surface area (Å²) in [6, 6.07) is 0. The molecule has 2 saturated heterocycles. The number of ketones is 1. The van der Waals surface area contributed by atoms with Gasteiger partial charge in [0.15, 0.2) is 5.78 Å². The van der Waals surface area contributed by atoms with Gasteiger partial charge in [-0.15, -0.1) is 0 Å². The minimum Gasteiger partial charge on any atom is -0.433 e. The van der Waals surface area contributed by atoms with Gasteiger partial charge < -0.3 is 9.47 Å². The number of ether oxygens (including phenoxy) is 2. The van der Waals surface area contributed by atoms with E-state index in [1.807, 2.05) is 20.8 Å². The molecule has 0 saturated carbocycles. The predicted octanol–water partition coefficient (Wildman–Crippen LogP) is 4.26. The smallest absolute Gasteiger partial charge is 0.314 e. The summed E-state index contributed by atoms with van der Waals surface area (Å²) in [5, 5.41) is 0. The van der Waals surface area contributed by atoms with E-state index >= 15 is 0 Å². The first-order valence-electron chi connectivity index (χ1n) is 8.71. The van der Waals surface area contributed by atoms with Gasteiger partial charge in [-0.1, -0.05) is 28.9 Å². The molecule has 3 atom stereocenters. The van der Waals surface area contributed by atoms with E-state index in [0.29, 0.717) is 6.42 Å². The van der Waals surface area contributed by atoms with Crippen LogP contribution < -0.4 is 0 Å². The number of fused-ring (bicyclic) bond motifs is 1. The number of allylic oxidation sites excluding steroid dienone is 6. The Kier molecular flexibility index (Phi) is 6.55. The summed E-state index contributed by atoms with van der Waals surface area (Å²) < 4.78 is 10.3. The van der Waals surface area contributed by atoms with E-state index < -0.39 is 0 Å². The summed E-state index contributed by atoms with van der Waals surface area (Å²) in [5.74, 6) is -0.0239. The van der Waals surface area contributed by atoms with Crippen molar-refractivity contribution in [2.24, 2.45) is 5.92 Å². The van der Waals surface area contributed by atoms with E-state index in [1.165, 1.54) is 5.57 Å². The lowest BCUT2D eigenvalue weighted by Gasteiger charge is -2.06. The van der Waals surface area contributed by atoms with Gasteiger partial charge in [0, 0.05) is 6.42 Å². The third kappa shape index (κ3) is 5.75. The van der Waals surface area contributed by atoms with E-state index in [2.05, 4.69) is 19.1 Å². The molecule has 0 spiro atoms. The van der Waals surface area contributed by atoms with Crippen LogP contribution in [0.3, 0.4) is 0 Å². The minimum atomic E-state index is -0.255. The maximum absolute atomic E-state index is 11.7. The number of carbonyl (C=O) groups excluding carboxylic acids is 2. The largest absolute Gasteiger partial charge is 0.433 e. The molecule has 4 nitrogen and oxygen atoms in total. The Balaban J connectivity index is 1.65. The number of hydrogen-bond acceptors (Lipinski definition) is 4. The van der Waals surface area contributed by atoms with Gasteiger partial charge in [-0.05, 0) is 59.5 Å². The molecule has 2 heterocycles. The van der Waals surface area contributed by atoms with E-state index in [0.717, 1.165) is 36.8 Å². The molecule has 0 aromatic carbocycles. The lowest BCUT2D eigenvalue weighted by Crippen LogP contribution is -2.15. The second-order valence-corrected chi connectivity index (χ2v) is 7.09. The maximum Gasteiger partial charge on any atom is 0.314 e. The van der Waals surface area contributed by atoms with Crippen molar-refractivity contribution < 1.29 is 19.1 Å². The Hall–Kier alpha value is -1.68. The van der Waals surface area contributed by atoms with Crippen molar-refractivity contribution in [3.63, 3.8) is 0 Å². The van der Waals surface area contributed by atoms with Gasteiger partial charge in [-0.2, -0.15) is 0 Å². The van der Waals surface area contributed by atoms with Crippen molar-refractivity contribution in [1.82, 2.24) is 0 Å². The number of rotatable bonds is 9. The molecule has 2 aliphatic rings. The summed E-state index contributed by atoms with van der Waals surface area (Å²) in [7, 11) is 0. The predicted molar refractivity (Wildman–Crippen MR) is 93.3 cm³/mol. The second kappa shape index (κ2) is 8.43. The first kappa shape index (κ1) is 18.7. The first-order chi connectivity index (χ1) is 11.4. The fraction of sp³-hybridized carbons (Fsp3) is 0.600. The van der Waals surface area contributed by atoms with Crippen LogP contribution in [0.25, 0.3) is 0 Å². The van der Waals surface area contributed by atoms with Crippen LogP contribution in [-0.2, 0) is 19.1 Å². The van der Waals surface area contributed by atoms with Crippen LogP contribution >= 0.6 is 0 Å². The Morgan fingerprint density at radius 3 is 2.42 bits per heavy atom. The highest BCUT2D eigenvalue weighted by atomic mass is 16.8. The van der Waals surface area contributed by atoms with E-state index in [4.69, 9.17) is 9.47 Å².